The third-order valence-corrected chi connectivity index (χ3v) is 16.2. The summed E-state index contributed by atoms with van der Waals surface area (Å²) in [4.78, 5) is 25.1. The van der Waals surface area contributed by atoms with E-state index >= 15 is 0 Å². The van der Waals surface area contributed by atoms with E-state index in [1.165, 1.54) is 218 Å². The number of hydrogen-bond donors (Lipinski definition) is 6. The first-order valence-corrected chi connectivity index (χ1v) is 34.4. The summed E-state index contributed by atoms with van der Waals surface area (Å²) in [7, 11) is 0. The molecule has 1 fully saturated rings. The molecule has 1 amide bonds. The average molecular weight is 1140 g/mol. The summed E-state index contributed by atoms with van der Waals surface area (Å²) >= 11 is 0. The molecule has 1 rings (SSSR count). The number of unbranched alkanes of at least 4 members (excludes halogenated alkanes) is 40. The lowest BCUT2D eigenvalue weighted by Crippen LogP contribution is -2.60. The third kappa shape index (κ3) is 48.5. The number of allylic oxidation sites excluding steroid dienone is 7. The molecule has 0 radical (unpaired) electrons. The Morgan fingerprint density at radius 2 is 0.840 bits per heavy atom. The highest BCUT2D eigenvalue weighted by molar-refractivity contribution is 5.76. The van der Waals surface area contributed by atoms with Crippen LogP contribution in [-0.4, -0.2) is 100 Å². The number of carbonyl (C=O) groups excluding carboxylic acids is 2. The lowest BCUT2D eigenvalue weighted by molar-refractivity contribution is -0.302. The summed E-state index contributed by atoms with van der Waals surface area (Å²) in [6, 6.07) is -0.831. The fourth-order valence-corrected chi connectivity index (χ4v) is 10.7. The molecule has 7 unspecified atom stereocenters. The van der Waals surface area contributed by atoms with E-state index in [-0.39, 0.29) is 18.5 Å². The lowest BCUT2D eigenvalue weighted by atomic mass is 9.99. The van der Waals surface area contributed by atoms with Crippen molar-refractivity contribution in [1.29, 1.82) is 0 Å². The van der Waals surface area contributed by atoms with E-state index in [0.29, 0.717) is 19.4 Å². The van der Waals surface area contributed by atoms with Gasteiger partial charge in [-0.05, 0) is 77.0 Å². The number of nitrogens with one attached hydrogen (secondary N) is 1. The molecule has 1 aliphatic rings. The lowest BCUT2D eigenvalue weighted by Gasteiger charge is -2.40. The summed E-state index contributed by atoms with van der Waals surface area (Å²) < 4.78 is 16.7. The van der Waals surface area contributed by atoms with Crippen LogP contribution in [0, 0.1) is 0 Å². The number of hydrogen-bond acceptors (Lipinski definition) is 10. The van der Waals surface area contributed by atoms with E-state index in [1.54, 1.807) is 6.08 Å². The van der Waals surface area contributed by atoms with Crippen LogP contribution in [0.25, 0.3) is 0 Å². The SMILES string of the molecule is CCCCC/C=C/CC/C=C/C(O)C(COC1OC(CO)C(O)C(O)C1O)NC(=O)CCCCCCCCCCC/C=C\C/C=C\CCCCCCCCCCCOC(=O)CCCCCCCCCCCCCCCCCCCCC. The van der Waals surface area contributed by atoms with Crippen molar-refractivity contribution in [1.82, 2.24) is 5.32 Å². The number of aliphatic hydroxyl groups is 5. The zero-order valence-electron chi connectivity index (χ0n) is 52.5. The molecule has 7 atom stereocenters. The Balaban J connectivity index is 1.95. The van der Waals surface area contributed by atoms with Gasteiger partial charge < -0.3 is 45.1 Å². The molecular weight excluding hydrogens is 1010 g/mol. The van der Waals surface area contributed by atoms with Gasteiger partial charge in [-0.1, -0.05) is 281 Å². The van der Waals surface area contributed by atoms with Gasteiger partial charge >= 0.3 is 5.97 Å². The first kappa shape index (κ1) is 76.6. The van der Waals surface area contributed by atoms with Crippen molar-refractivity contribution in [2.75, 3.05) is 19.8 Å². The van der Waals surface area contributed by atoms with Gasteiger partial charge in [0.25, 0.3) is 0 Å². The van der Waals surface area contributed by atoms with Gasteiger partial charge in [-0.2, -0.15) is 0 Å². The van der Waals surface area contributed by atoms with Gasteiger partial charge in [-0.3, -0.25) is 9.59 Å². The molecule has 0 saturated carbocycles. The van der Waals surface area contributed by atoms with E-state index in [4.69, 9.17) is 14.2 Å². The molecule has 0 aromatic heterocycles. The van der Waals surface area contributed by atoms with E-state index < -0.39 is 49.5 Å². The van der Waals surface area contributed by atoms with Gasteiger partial charge in [-0.15, -0.1) is 0 Å². The predicted octanol–water partition coefficient (Wildman–Crippen LogP) is 17.2. The summed E-state index contributed by atoms with van der Waals surface area (Å²) in [5.41, 5.74) is 0. The number of amides is 1. The average Bonchev–Trinajstić information content (AvgIpc) is 3.47. The van der Waals surface area contributed by atoms with Gasteiger partial charge in [0.2, 0.25) is 5.91 Å². The molecule has 0 bridgehead atoms. The van der Waals surface area contributed by atoms with Crippen molar-refractivity contribution in [3.8, 4) is 0 Å². The monoisotopic (exact) mass is 1140 g/mol. The zero-order chi connectivity index (χ0) is 58.7. The highest BCUT2D eigenvalue weighted by Gasteiger charge is 2.44. The van der Waals surface area contributed by atoms with Crippen molar-refractivity contribution >= 4 is 11.9 Å². The Hall–Kier alpha value is -2.38. The Morgan fingerprint density at radius 3 is 1.32 bits per heavy atom. The van der Waals surface area contributed by atoms with E-state index in [2.05, 4.69) is 55.6 Å². The number of carbonyl (C=O) groups is 2. The van der Waals surface area contributed by atoms with Gasteiger partial charge in [0.05, 0.1) is 32.0 Å². The smallest absolute Gasteiger partial charge is 0.305 e. The first-order chi connectivity index (χ1) is 39.7. The normalized spacial score (nSPS) is 18.5. The number of rotatable bonds is 60. The molecule has 0 spiro atoms. The second-order valence-corrected chi connectivity index (χ2v) is 23.9. The van der Waals surface area contributed by atoms with Crippen molar-refractivity contribution < 1.29 is 49.3 Å². The molecule has 81 heavy (non-hydrogen) atoms. The minimum absolute atomic E-state index is 0.00275. The van der Waals surface area contributed by atoms with Crippen LogP contribution >= 0.6 is 0 Å². The molecule has 11 nitrogen and oxygen atoms in total. The Bertz CT molecular complexity index is 1480. The minimum Gasteiger partial charge on any atom is -0.466 e. The molecule has 0 aromatic rings. The summed E-state index contributed by atoms with van der Waals surface area (Å²) in [5, 5.41) is 54.2. The van der Waals surface area contributed by atoms with E-state index in [0.717, 1.165) is 77.0 Å². The van der Waals surface area contributed by atoms with Gasteiger partial charge in [0.15, 0.2) is 6.29 Å². The third-order valence-electron chi connectivity index (χ3n) is 16.2. The van der Waals surface area contributed by atoms with E-state index in [9.17, 15) is 35.1 Å². The first-order valence-electron chi connectivity index (χ1n) is 34.4. The number of ether oxygens (including phenoxy) is 3. The van der Waals surface area contributed by atoms with Crippen LogP contribution in [0.3, 0.4) is 0 Å². The summed E-state index contributed by atoms with van der Waals surface area (Å²) in [6.07, 6.45) is 66.9. The molecule has 1 saturated heterocycles. The fourth-order valence-electron chi connectivity index (χ4n) is 10.7. The zero-order valence-corrected chi connectivity index (χ0v) is 52.5. The number of aliphatic hydroxyl groups excluding tert-OH is 5. The van der Waals surface area contributed by atoms with Crippen LogP contribution in [-0.2, 0) is 23.8 Å². The Labute approximate surface area is 497 Å². The van der Waals surface area contributed by atoms with E-state index in [1.807, 2.05) is 6.08 Å². The largest absolute Gasteiger partial charge is 0.466 e. The quantitative estimate of drug-likeness (QED) is 0.0195. The maximum Gasteiger partial charge on any atom is 0.305 e. The Morgan fingerprint density at radius 1 is 0.457 bits per heavy atom. The van der Waals surface area contributed by atoms with Crippen molar-refractivity contribution in [3.05, 3.63) is 48.6 Å². The molecule has 0 aromatic carbocycles. The summed E-state index contributed by atoms with van der Waals surface area (Å²) in [5.74, 6) is -0.198. The van der Waals surface area contributed by atoms with Crippen LogP contribution in [0.15, 0.2) is 48.6 Å². The molecule has 11 heteroatoms. The summed E-state index contributed by atoms with van der Waals surface area (Å²) in [6.45, 7) is 4.29. The van der Waals surface area contributed by atoms with Crippen LogP contribution < -0.4 is 5.32 Å². The maximum absolute atomic E-state index is 13.0. The topological polar surface area (TPSA) is 175 Å². The van der Waals surface area contributed by atoms with Crippen molar-refractivity contribution in [2.24, 2.45) is 0 Å². The predicted molar refractivity (Wildman–Crippen MR) is 338 cm³/mol. The van der Waals surface area contributed by atoms with Crippen LogP contribution in [0.1, 0.15) is 322 Å². The molecule has 6 N–H and O–H groups in total. The van der Waals surface area contributed by atoms with Crippen LogP contribution in [0.2, 0.25) is 0 Å². The minimum atomic E-state index is -1.58. The van der Waals surface area contributed by atoms with Crippen LogP contribution in [0.5, 0.6) is 0 Å². The molecular formula is C70H129NO10. The standard InChI is InChI=1S/C70H129NO10/c1-3-5-7-9-11-13-14-15-16-17-25-29-32-35-38-42-46-50-54-58-66(75)79-59-55-51-47-43-39-36-33-30-27-24-22-20-18-19-21-23-26-28-31-34-37-41-45-49-53-57-65(74)71-62(63(73)56-52-48-44-40-12-10-8-6-4-2)61-80-70-69(78)68(77)67(76)64(60-72)81-70/h12,19-22,40,52,56,62-64,67-70,72-73,76-78H,3-11,13-18,23-39,41-51,53-55,57-61H2,1-2H3,(H,71,74)/b21-19-,22-20-,40-12+,56-52+. The van der Waals surface area contributed by atoms with Crippen molar-refractivity contribution in [3.63, 3.8) is 0 Å². The molecule has 0 aliphatic carbocycles. The van der Waals surface area contributed by atoms with Gasteiger partial charge in [-0.25, -0.2) is 0 Å². The second kappa shape index (κ2) is 59.4. The van der Waals surface area contributed by atoms with Crippen LogP contribution in [0.4, 0.5) is 0 Å². The molecule has 1 aliphatic heterocycles. The molecule has 474 valence electrons. The highest BCUT2D eigenvalue weighted by Crippen LogP contribution is 2.23. The fraction of sp³-hybridized carbons (Fsp3) is 0.857. The van der Waals surface area contributed by atoms with Gasteiger partial charge in [0.1, 0.15) is 24.4 Å². The highest BCUT2D eigenvalue weighted by atomic mass is 16.7. The maximum atomic E-state index is 13.0. The second-order valence-electron chi connectivity index (χ2n) is 23.9. The molecule has 1 heterocycles. The van der Waals surface area contributed by atoms with Crippen molar-refractivity contribution in [2.45, 2.75) is 365 Å². The number of esters is 1. The Kier molecular flexibility index (Phi) is 56.2. The van der Waals surface area contributed by atoms with Gasteiger partial charge in [0, 0.05) is 12.8 Å².